The lowest BCUT2D eigenvalue weighted by molar-refractivity contribution is -0.180. The van der Waals surface area contributed by atoms with E-state index in [1.54, 1.807) is 4.90 Å². The molecular weight excluding hydrogens is 276 g/mol. The second-order valence-electron chi connectivity index (χ2n) is 7.67. The second-order valence-corrected chi connectivity index (χ2v) is 7.67. The number of rotatable bonds is 3. The van der Waals surface area contributed by atoms with Crippen LogP contribution in [0.25, 0.3) is 0 Å². The fourth-order valence-corrected chi connectivity index (χ4v) is 4.83. The Hall–Kier alpha value is -1.32. The zero-order chi connectivity index (χ0) is 15.9. The van der Waals surface area contributed by atoms with Crippen LogP contribution in [0.15, 0.2) is 12.7 Å². The Morgan fingerprint density at radius 3 is 2.32 bits per heavy atom. The number of nitrogens with zero attached hydrogens (tertiary/aromatic N) is 2. The van der Waals surface area contributed by atoms with Crippen molar-refractivity contribution in [2.24, 2.45) is 17.3 Å². The van der Waals surface area contributed by atoms with Crippen molar-refractivity contribution in [3.05, 3.63) is 12.7 Å². The van der Waals surface area contributed by atoms with Gasteiger partial charge in [0.2, 0.25) is 11.8 Å². The van der Waals surface area contributed by atoms with Crippen molar-refractivity contribution < 1.29 is 9.59 Å². The highest BCUT2D eigenvalue weighted by Gasteiger charge is 2.58. The van der Waals surface area contributed by atoms with Crippen LogP contribution in [0, 0.1) is 17.3 Å². The summed E-state index contributed by atoms with van der Waals surface area (Å²) < 4.78 is 0. The van der Waals surface area contributed by atoms with E-state index in [0.717, 1.165) is 19.4 Å². The van der Waals surface area contributed by atoms with E-state index in [4.69, 9.17) is 0 Å². The zero-order valence-corrected chi connectivity index (χ0v) is 13.9. The molecule has 3 aliphatic rings. The Bertz CT molecular complexity index is 473. The number of carbonyl (C=O) groups excluding carboxylic acids is 2. The molecule has 3 fully saturated rings. The van der Waals surface area contributed by atoms with Crippen molar-refractivity contribution in [1.29, 1.82) is 0 Å². The molecule has 0 aromatic rings. The molecule has 122 valence electrons. The summed E-state index contributed by atoms with van der Waals surface area (Å²) in [5.74, 6) is 0.971. The molecule has 0 N–H and O–H groups in total. The Balaban J connectivity index is 1.59. The number of piperidine rings is 1. The first-order valence-electron chi connectivity index (χ1n) is 8.70. The number of hydrogen-bond acceptors (Lipinski definition) is 2. The van der Waals surface area contributed by atoms with Crippen molar-refractivity contribution in [3.8, 4) is 0 Å². The lowest BCUT2D eigenvalue weighted by Crippen LogP contribution is -2.71. The fourth-order valence-electron chi connectivity index (χ4n) is 4.83. The Labute approximate surface area is 133 Å². The first-order valence-corrected chi connectivity index (χ1v) is 8.70. The topological polar surface area (TPSA) is 40.6 Å². The molecule has 1 atom stereocenters. The highest BCUT2D eigenvalue weighted by Crippen LogP contribution is 2.55. The van der Waals surface area contributed by atoms with Crippen molar-refractivity contribution in [2.75, 3.05) is 19.6 Å². The molecule has 0 aromatic heterocycles. The second kappa shape index (κ2) is 5.71. The third-order valence-corrected chi connectivity index (χ3v) is 6.04. The highest BCUT2D eigenvalue weighted by atomic mass is 16.2. The molecule has 2 amide bonds. The SMILES string of the molecule is C=CC(=O)N1CCC(C(=O)N2CC3(CCC3)C2C(C)C)CC1. The minimum absolute atomic E-state index is 0.0108. The van der Waals surface area contributed by atoms with Gasteiger partial charge in [-0.3, -0.25) is 9.59 Å². The van der Waals surface area contributed by atoms with E-state index in [9.17, 15) is 9.59 Å². The van der Waals surface area contributed by atoms with Crippen molar-refractivity contribution >= 4 is 11.8 Å². The molecule has 4 nitrogen and oxygen atoms in total. The molecule has 4 heteroatoms. The minimum Gasteiger partial charge on any atom is -0.339 e. The standard InChI is InChI=1S/C18H28N2O2/c1-4-15(21)19-10-6-14(7-11-19)17(22)20-12-18(8-5-9-18)16(20)13(2)3/h4,13-14,16H,1,5-12H2,2-3H3. The number of hydrogen-bond donors (Lipinski definition) is 0. The van der Waals surface area contributed by atoms with Gasteiger partial charge in [0.05, 0.1) is 0 Å². The van der Waals surface area contributed by atoms with Crippen LogP contribution in [0.5, 0.6) is 0 Å². The van der Waals surface area contributed by atoms with Crippen LogP contribution in [0.3, 0.4) is 0 Å². The predicted molar refractivity (Wildman–Crippen MR) is 86.1 cm³/mol. The molecule has 1 saturated carbocycles. The molecular formula is C18H28N2O2. The zero-order valence-electron chi connectivity index (χ0n) is 13.9. The van der Waals surface area contributed by atoms with Crippen LogP contribution in [0.4, 0.5) is 0 Å². The van der Waals surface area contributed by atoms with Gasteiger partial charge < -0.3 is 9.80 Å². The van der Waals surface area contributed by atoms with Crippen LogP contribution >= 0.6 is 0 Å². The molecule has 2 saturated heterocycles. The van der Waals surface area contributed by atoms with Crippen LogP contribution in [0.1, 0.15) is 46.0 Å². The van der Waals surface area contributed by atoms with Gasteiger partial charge in [-0.1, -0.05) is 26.8 Å². The third-order valence-electron chi connectivity index (χ3n) is 6.04. The van der Waals surface area contributed by atoms with Gasteiger partial charge in [-0.25, -0.2) is 0 Å². The number of carbonyl (C=O) groups is 2. The monoisotopic (exact) mass is 304 g/mol. The predicted octanol–water partition coefficient (Wildman–Crippen LogP) is 2.45. The van der Waals surface area contributed by atoms with Crippen LogP contribution in [-0.2, 0) is 9.59 Å². The lowest BCUT2D eigenvalue weighted by Gasteiger charge is -2.64. The van der Waals surface area contributed by atoms with E-state index in [1.807, 2.05) is 0 Å². The summed E-state index contributed by atoms with van der Waals surface area (Å²) in [6.07, 6.45) is 6.89. The summed E-state index contributed by atoms with van der Waals surface area (Å²) in [4.78, 5) is 28.5. The van der Waals surface area contributed by atoms with Gasteiger partial charge in [0.25, 0.3) is 0 Å². The Kier molecular flexibility index (Phi) is 4.04. The van der Waals surface area contributed by atoms with E-state index in [-0.39, 0.29) is 11.8 Å². The number of amides is 2. The smallest absolute Gasteiger partial charge is 0.245 e. The minimum atomic E-state index is -0.0108. The van der Waals surface area contributed by atoms with Crippen LogP contribution in [0.2, 0.25) is 0 Å². The average molecular weight is 304 g/mol. The summed E-state index contributed by atoms with van der Waals surface area (Å²) in [5, 5.41) is 0. The van der Waals surface area contributed by atoms with E-state index in [1.165, 1.54) is 25.3 Å². The van der Waals surface area contributed by atoms with E-state index < -0.39 is 0 Å². The lowest BCUT2D eigenvalue weighted by atomic mass is 9.55. The largest absolute Gasteiger partial charge is 0.339 e. The van der Waals surface area contributed by atoms with Crippen LogP contribution < -0.4 is 0 Å². The fraction of sp³-hybridized carbons (Fsp3) is 0.778. The normalized spacial score (nSPS) is 27.5. The summed E-state index contributed by atoms with van der Waals surface area (Å²) in [6, 6.07) is 0.446. The molecule has 2 heterocycles. The van der Waals surface area contributed by atoms with Gasteiger partial charge in [0, 0.05) is 37.0 Å². The molecule has 22 heavy (non-hydrogen) atoms. The quantitative estimate of drug-likeness (QED) is 0.752. The number of likely N-dealkylation sites (tertiary alicyclic amines) is 2. The summed E-state index contributed by atoms with van der Waals surface area (Å²) in [5.41, 5.74) is 0.448. The molecule has 0 radical (unpaired) electrons. The first kappa shape index (κ1) is 15.6. The molecule has 2 aliphatic heterocycles. The average Bonchev–Trinajstić information content (AvgIpc) is 2.43. The summed E-state index contributed by atoms with van der Waals surface area (Å²) >= 11 is 0. The summed E-state index contributed by atoms with van der Waals surface area (Å²) in [7, 11) is 0. The van der Waals surface area contributed by atoms with Gasteiger partial charge in [0.1, 0.15) is 0 Å². The molecule has 1 spiro atoms. The van der Waals surface area contributed by atoms with Gasteiger partial charge in [-0.2, -0.15) is 0 Å². The maximum absolute atomic E-state index is 12.9. The van der Waals surface area contributed by atoms with Gasteiger partial charge >= 0.3 is 0 Å². The van der Waals surface area contributed by atoms with E-state index in [2.05, 4.69) is 25.3 Å². The highest BCUT2D eigenvalue weighted by molar-refractivity contribution is 5.87. The van der Waals surface area contributed by atoms with E-state index >= 15 is 0 Å². The molecule has 0 aromatic carbocycles. The Morgan fingerprint density at radius 1 is 1.23 bits per heavy atom. The van der Waals surface area contributed by atoms with Crippen molar-refractivity contribution in [2.45, 2.75) is 52.0 Å². The Morgan fingerprint density at radius 2 is 1.86 bits per heavy atom. The molecule has 3 rings (SSSR count). The molecule has 1 unspecified atom stereocenters. The van der Waals surface area contributed by atoms with Gasteiger partial charge in [-0.15, -0.1) is 0 Å². The van der Waals surface area contributed by atoms with Crippen LogP contribution in [-0.4, -0.2) is 47.3 Å². The molecule has 0 bridgehead atoms. The van der Waals surface area contributed by atoms with E-state index in [0.29, 0.717) is 36.4 Å². The van der Waals surface area contributed by atoms with Gasteiger partial charge in [-0.05, 0) is 37.7 Å². The summed E-state index contributed by atoms with van der Waals surface area (Å²) in [6.45, 7) is 10.4. The van der Waals surface area contributed by atoms with Crippen molar-refractivity contribution in [1.82, 2.24) is 9.80 Å². The van der Waals surface area contributed by atoms with Gasteiger partial charge in [0.15, 0.2) is 0 Å². The molecule has 1 aliphatic carbocycles. The van der Waals surface area contributed by atoms with Crippen molar-refractivity contribution in [3.63, 3.8) is 0 Å². The third kappa shape index (κ3) is 2.37. The first-order chi connectivity index (χ1) is 10.5. The maximum atomic E-state index is 12.9. The maximum Gasteiger partial charge on any atom is 0.245 e.